The third-order valence-corrected chi connectivity index (χ3v) is 2.76. The maximum absolute atomic E-state index is 13.4. The van der Waals surface area contributed by atoms with Crippen LogP contribution < -0.4 is 10.1 Å². The standard InChI is InChI=1S/C15H15FN2O3/c16-14-4-2-1-3-11(14)7-18-15(20)10-21-13-6-5-12(9-19)17-8-13/h1-6,8,19H,7,9-10H2,(H,18,20). The van der Waals surface area contributed by atoms with Crippen molar-refractivity contribution in [3.63, 3.8) is 0 Å². The van der Waals surface area contributed by atoms with Crippen molar-refractivity contribution >= 4 is 5.91 Å². The van der Waals surface area contributed by atoms with E-state index >= 15 is 0 Å². The number of hydrogen-bond donors (Lipinski definition) is 2. The third-order valence-electron chi connectivity index (χ3n) is 2.76. The monoisotopic (exact) mass is 290 g/mol. The number of nitrogens with one attached hydrogen (secondary N) is 1. The molecule has 0 spiro atoms. The first-order valence-corrected chi connectivity index (χ1v) is 6.37. The van der Waals surface area contributed by atoms with Gasteiger partial charge in [-0.3, -0.25) is 9.78 Å². The third kappa shape index (κ3) is 4.54. The zero-order valence-electron chi connectivity index (χ0n) is 11.3. The van der Waals surface area contributed by atoms with Crippen LogP contribution in [-0.2, 0) is 17.9 Å². The van der Waals surface area contributed by atoms with Crippen LogP contribution in [0.4, 0.5) is 4.39 Å². The topological polar surface area (TPSA) is 71.5 Å². The molecule has 110 valence electrons. The summed E-state index contributed by atoms with van der Waals surface area (Å²) in [6.45, 7) is -0.228. The fourth-order valence-corrected chi connectivity index (χ4v) is 1.63. The number of benzene rings is 1. The number of hydrogen-bond acceptors (Lipinski definition) is 4. The van der Waals surface area contributed by atoms with Gasteiger partial charge in [0.1, 0.15) is 11.6 Å². The summed E-state index contributed by atoms with van der Waals surface area (Å²) in [4.78, 5) is 15.5. The summed E-state index contributed by atoms with van der Waals surface area (Å²) >= 11 is 0. The molecule has 0 aliphatic heterocycles. The van der Waals surface area contributed by atoms with E-state index in [2.05, 4.69) is 10.3 Å². The van der Waals surface area contributed by atoms with Crippen LogP contribution in [0.3, 0.4) is 0 Å². The highest BCUT2D eigenvalue weighted by molar-refractivity contribution is 5.77. The first kappa shape index (κ1) is 14.9. The van der Waals surface area contributed by atoms with E-state index in [9.17, 15) is 9.18 Å². The van der Waals surface area contributed by atoms with Gasteiger partial charge in [0.05, 0.1) is 18.5 Å². The van der Waals surface area contributed by atoms with E-state index in [-0.39, 0.29) is 31.5 Å². The molecule has 1 aromatic carbocycles. The minimum absolute atomic E-state index is 0.108. The molecule has 1 aromatic heterocycles. The summed E-state index contributed by atoms with van der Waals surface area (Å²) in [6, 6.07) is 9.46. The molecule has 1 heterocycles. The Morgan fingerprint density at radius 1 is 1.29 bits per heavy atom. The van der Waals surface area contributed by atoms with Crippen LogP contribution in [0.15, 0.2) is 42.6 Å². The Hall–Kier alpha value is -2.47. The summed E-state index contributed by atoms with van der Waals surface area (Å²) in [6.07, 6.45) is 1.43. The van der Waals surface area contributed by atoms with Gasteiger partial charge in [0.2, 0.25) is 0 Å². The molecule has 1 amide bonds. The van der Waals surface area contributed by atoms with Crippen molar-refractivity contribution in [3.8, 4) is 5.75 Å². The Bertz CT molecular complexity index is 602. The fourth-order valence-electron chi connectivity index (χ4n) is 1.63. The predicted octanol–water partition coefficient (Wildman–Crippen LogP) is 1.41. The van der Waals surface area contributed by atoms with E-state index in [0.29, 0.717) is 17.0 Å². The summed E-state index contributed by atoms with van der Waals surface area (Å²) in [5.41, 5.74) is 0.936. The van der Waals surface area contributed by atoms with Crippen LogP contribution in [0.1, 0.15) is 11.3 Å². The Kier molecular flexibility index (Phi) is 5.22. The smallest absolute Gasteiger partial charge is 0.258 e. The molecule has 0 aliphatic carbocycles. The molecule has 5 nitrogen and oxygen atoms in total. The van der Waals surface area contributed by atoms with Gasteiger partial charge in [0.25, 0.3) is 5.91 Å². The van der Waals surface area contributed by atoms with E-state index in [4.69, 9.17) is 9.84 Å². The summed E-state index contributed by atoms with van der Waals surface area (Å²) < 4.78 is 18.6. The van der Waals surface area contributed by atoms with Gasteiger partial charge in [-0.2, -0.15) is 0 Å². The number of rotatable bonds is 6. The molecule has 2 rings (SSSR count). The normalized spacial score (nSPS) is 10.2. The Balaban J connectivity index is 1.78. The van der Waals surface area contributed by atoms with Crippen LogP contribution in [0.2, 0.25) is 0 Å². The van der Waals surface area contributed by atoms with Crippen LogP contribution >= 0.6 is 0 Å². The van der Waals surface area contributed by atoms with Gasteiger partial charge in [-0.1, -0.05) is 18.2 Å². The highest BCUT2D eigenvalue weighted by atomic mass is 19.1. The van der Waals surface area contributed by atoms with Crippen molar-refractivity contribution in [1.29, 1.82) is 0 Å². The molecule has 0 saturated heterocycles. The van der Waals surface area contributed by atoms with Crippen LogP contribution in [-0.4, -0.2) is 22.6 Å². The van der Waals surface area contributed by atoms with Gasteiger partial charge in [0, 0.05) is 12.1 Å². The number of pyridine rings is 1. The van der Waals surface area contributed by atoms with Gasteiger partial charge in [-0.25, -0.2) is 4.39 Å². The van der Waals surface area contributed by atoms with Gasteiger partial charge in [-0.05, 0) is 18.2 Å². The predicted molar refractivity (Wildman–Crippen MR) is 73.9 cm³/mol. The number of aliphatic hydroxyl groups is 1. The van der Waals surface area contributed by atoms with Crippen molar-refractivity contribution < 1.29 is 19.0 Å². The lowest BCUT2D eigenvalue weighted by Crippen LogP contribution is -2.28. The lowest BCUT2D eigenvalue weighted by Gasteiger charge is -2.08. The lowest BCUT2D eigenvalue weighted by molar-refractivity contribution is -0.123. The van der Waals surface area contributed by atoms with Crippen molar-refractivity contribution in [1.82, 2.24) is 10.3 Å². The molecule has 0 saturated carbocycles. The molecule has 6 heteroatoms. The number of carbonyl (C=O) groups is 1. The number of ether oxygens (including phenoxy) is 1. The molecule has 0 unspecified atom stereocenters. The molecule has 2 N–H and O–H groups in total. The van der Waals surface area contributed by atoms with E-state index in [0.717, 1.165) is 0 Å². The number of nitrogens with zero attached hydrogens (tertiary/aromatic N) is 1. The zero-order chi connectivity index (χ0) is 15.1. The van der Waals surface area contributed by atoms with Gasteiger partial charge < -0.3 is 15.2 Å². The molecule has 0 aliphatic rings. The molecular weight excluding hydrogens is 275 g/mol. The number of amides is 1. The zero-order valence-corrected chi connectivity index (χ0v) is 11.3. The molecule has 0 fully saturated rings. The van der Waals surface area contributed by atoms with Crippen molar-refractivity contribution in [2.45, 2.75) is 13.2 Å². The maximum Gasteiger partial charge on any atom is 0.258 e. The second-order valence-corrected chi connectivity index (χ2v) is 4.30. The maximum atomic E-state index is 13.4. The number of halogens is 1. The minimum Gasteiger partial charge on any atom is -0.482 e. The molecule has 0 radical (unpaired) electrons. The molecule has 21 heavy (non-hydrogen) atoms. The van der Waals surface area contributed by atoms with Crippen molar-refractivity contribution in [2.24, 2.45) is 0 Å². The lowest BCUT2D eigenvalue weighted by atomic mass is 10.2. The first-order valence-electron chi connectivity index (χ1n) is 6.37. The van der Waals surface area contributed by atoms with Crippen LogP contribution in [0.5, 0.6) is 5.75 Å². The average molecular weight is 290 g/mol. The highest BCUT2D eigenvalue weighted by Crippen LogP contribution is 2.09. The van der Waals surface area contributed by atoms with E-state index in [1.165, 1.54) is 12.3 Å². The number of carbonyl (C=O) groups excluding carboxylic acids is 1. The Morgan fingerprint density at radius 2 is 2.10 bits per heavy atom. The molecule has 0 bridgehead atoms. The number of aromatic nitrogens is 1. The van der Waals surface area contributed by atoms with Crippen LogP contribution in [0, 0.1) is 5.82 Å². The first-order chi connectivity index (χ1) is 10.2. The van der Waals surface area contributed by atoms with Crippen molar-refractivity contribution in [3.05, 3.63) is 59.7 Å². The summed E-state index contributed by atoms with van der Waals surface area (Å²) in [5, 5.41) is 11.4. The van der Waals surface area contributed by atoms with E-state index in [1.807, 2.05) is 0 Å². The van der Waals surface area contributed by atoms with Gasteiger partial charge in [0.15, 0.2) is 6.61 Å². The van der Waals surface area contributed by atoms with Crippen molar-refractivity contribution in [2.75, 3.05) is 6.61 Å². The molecular formula is C15H15FN2O3. The molecule has 0 atom stereocenters. The second-order valence-electron chi connectivity index (χ2n) is 4.30. The fraction of sp³-hybridized carbons (Fsp3) is 0.200. The quantitative estimate of drug-likeness (QED) is 0.844. The Labute approximate surface area is 121 Å². The second kappa shape index (κ2) is 7.35. The summed E-state index contributed by atoms with van der Waals surface area (Å²) in [7, 11) is 0. The SMILES string of the molecule is O=C(COc1ccc(CO)nc1)NCc1ccccc1F. The number of aliphatic hydroxyl groups excluding tert-OH is 1. The van der Waals surface area contributed by atoms with Crippen LogP contribution in [0.25, 0.3) is 0 Å². The largest absolute Gasteiger partial charge is 0.482 e. The minimum atomic E-state index is -0.359. The van der Waals surface area contributed by atoms with E-state index < -0.39 is 0 Å². The van der Waals surface area contributed by atoms with Gasteiger partial charge in [-0.15, -0.1) is 0 Å². The van der Waals surface area contributed by atoms with Gasteiger partial charge >= 0.3 is 0 Å². The highest BCUT2D eigenvalue weighted by Gasteiger charge is 2.05. The summed E-state index contributed by atoms with van der Waals surface area (Å²) in [5.74, 6) is -0.291. The Morgan fingerprint density at radius 3 is 2.76 bits per heavy atom. The average Bonchev–Trinajstić information content (AvgIpc) is 2.52. The van der Waals surface area contributed by atoms with E-state index in [1.54, 1.807) is 30.3 Å². The molecule has 2 aromatic rings.